The van der Waals surface area contributed by atoms with Crippen molar-refractivity contribution in [2.45, 2.75) is 65.7 Å². The molecule has 1 aliphatic rings. The number of fused-ring (bicyclic) bond motifs is 2. The molecule has 1 aromatic carbocycles. The van der Waals surface area contributed by atoms with Crippen molar-refractivity contribution >= 4 is 22.8 Å². The molecule has 0 radical (unpaired) electrons. The van der Waals surface area contributed by atoms with Crippen molar-refractivity contribution in [1.29, 1.82) is 0 Å². The van der Waals surface area contributed by atoms with Crippen molar-refractivity contribution in [3.05, 3.63) is 74.4 Å². The lowest BCUT2D eigenvalue weighted by Gasteiger charge is -2.34. The van der Waals surface area contributed by atoms with Gasteiger partial charge in [-0.15, -0.1) is 0 Å². The van der Waals surface area contributed by atoms with Gasteiger partial charge in [-0.25, -0.2) is 0 Å². The van der Waals surface area contributed by atoms with Crippen LogP contribution in [-0.2, 0) is 10.2 Å². The molecule has 0 fully saturated rings. The first kappa shape index (κ1) is 25.1. The molecular weight excluding hydrogens is 432 g/mol. The van der Waals surface area contributed by atoms with Crippen molar-refractivity contribution in [3.63, 3.8) is 0 Å². The van der Waals surface area contributed by atoms with E-state index in [0.29, 0.717) is 0 Å². The molecule has 0 unspecified atom stereocenters. The van der Waals surface area contributed by atoms with E-state index in [-0.39, 0.29) is 40.9 Å². The average molecular weight is 465 g/mol. The molecule has 0 aliphatic heterocycles. The summed E-state index contributed by atoms with van der Waals surface area (Å²) in [7, 11) is 0. The van der Waals surface area contributed by atoms with Crippen molar-refractivity contribution < 1.29 is 24.5 Å². The maximum absolute atomic E-state index is 13.7. The molecule has 180 valence electrons. The molecule has 2 aromatic rings. The van der Waals surface area contributed by atoms with Crippen molar-refractivity contribution in [3.8, 4) is 11.5 Å². The van der Waals surface area contributed by atoms with Crippen LogP contribution in [0.2, 0.25) is 0 Å². The first-order valence-electron chi connectivity index (χ1n) is 11.4. The van der Waals surface area contributed by atoms with Crippen molar-refractivity contribution in [2.24, 2.45) is 0 Å². The number of aromatic hydroxyl groups is 2. The lowest BCUT2D eigenvalue weighted by atomic mass is 9.67. The van der Waals surface area contributed by atoms with Crippen LogP contribution < -0.4 is 5.43 Å². The third-order valence-electron chi connectivity index (χ3n) is 6.15. The van der Waals surface area contributed by atoms with E-state index in [9.17, 15) is 24.9 Å². The molecule has 1 heterocycles. The number of aliphatic hydroxyl groups excluding tert-OH is 1. The first-order valence-corrected chi connectivity index (χ1v) is 11.4. The second-order valence-electron chi connectivity index (χ2n) is 9.51. The van der Waals surface area contributed by atoms with E-state index in [1.54, 1.807) is 0 Å². The number of Topliss-reactive ketones (excluding diaryl/α,β-unsaturated/α-hetero) is 1. The Hall–Kier alpha value is -3.54. The van der Waals surface area contributed by atoms with Gasteiger partial charge < -0.3 is 19.7 Å². The highest BCUT2D eigenvalue weighted by molar-refractivity contribution is 6.08. The molecule has 1 aliphatic carbocycles. The highest BCUT2D eigenvalue weighted by Gasteiger charge is 2.47. The number of carbonyl (C=O) groups is 1. The summed E-state index contributed by atoms with van der Waals surface area (Å²) in [6.45, 7) is 9.86. The lowest BCUT2D eigenvalue weighted by Crippen LogP contribution is -2.43. The minimum absolute atomic E-state index is 0.0239. The summed E-state index contributed by atoms with van der Waals surface area (Å²) < 4.78 is 5.85. The second kappa shape index (κ2) is 9.75. The third-order valence-corrected chi connectivity index (χ3v) is 6.15. The number of rotatable bonds is 7. The van der Waals surface area contributed by atoms with Crippen LogP contribution in [0, 0.1) is 0 Å². The number of phenolic OH excluding ortho intramolecular Hbond substituents is 2. The van der Waals surface area contributed by atoms with Gasteiger partial charge in [0.05, 0.1) is 11.0 Å². The molecule has 0 saturated heterocycles. The minimum atomic E-state index is -1.39. The second-order valence-corrected chi connectivity index (χ2v) is 9.51. The summed E-state index contributed by atoms with van der Waals surface area (Å²) in [6, 6.07) is 2.29. The monoisotopic (exact) mass is 464 g/mol. The summed E-state index contributed by atoms with van der Waals surface area (Å²) in [6.07, 6.45) is 9.15. The molecule has 0 bridgehead atoms. The van der Waals surface area contributed by atoms with Gasteiger partial charge in [0.2, 0.25) is 11.2 Å². The first-order chi connectivity index (χ1) is 16.0. The highest BCUT2D eigenvalue weighted by Crippen LogP contribution is 2.43. The molecule has 6 heteroatoms. The van der Waals surface area contributed by atoms with E-state index >= 15 is 0 Å². The van der Waals surface area contributed by atoms with Gasteiger partial charge in [-0.3, -0.25) is 9.59 Å². The Morgan fingerprint density at radius 1 is 0.941 bits per heavy atom. The minimum Gasteiger partial charge on any atom is -0.508 e. The highest BCUT2D eigenvalue weighted by atomic mass is 16.3. The van der Waals surface area contributed by atoms with Gasteiger partial charge in [0.1, 0.15) is 28.2 Å². The normalized spacial score (nSPS) is 17.9. The molecule has 6 nitrogen and oxygen atoms in total. The SMILES string of the molecule is CC(C)=CCC/C(C)=C/C[C@]1(CC=C(C)C)C(=O)C(O)=Cc2oc3cc(O)cc(O)c3c(=O)c21. The van der Waals surface area contributed by atoms with Gasteiger partial charge in [-0.1, -0.05) is 34.9 Å². The fraction of sp³-hybridized carbons (Fsp3) is 0.357. The topological polar surface area (TPSA) is 108 Å². The number of carbonyl (C=O) groups excluding carboxylic acids is 1. The molecular formula is C28H32O6. The van der Waals surface area contributed by atoms with Crippen molar-refractivity contribution in [2.75, 3.05) is 0 Å². The van der Waals surface area contributed by atoms with Crippen LogP contribution >= 0.6 is 0 Å². The van der Waals surface area contributed by atoms with Crippen LogP contribution in [-0.4, -0.2) is 21.1 Å². The van der Waals surface area contributed by atoms with Gasteiger partial charge in [0.15, 0.2) is 5.76 Å². The molecule has 3 N–H and O–H groups in total. The maximum Gasteiger partial charge on any atom is 0.208 e. The van der Waals surface area contributed by atoms with Crippen molar-refractivity contribution in [1.82, 2.24) is 0 Å². The summed E-state index contributed by atoms with van der Waals surface area (Å²) in [5.41, 5.74) is 1.40. The van der Waals surface area contributed by atoms with E-state index < -0.39 is 28.1 Å². The summed E-state index contributed by atoms with van der Waals surface area (Å²) in [5.74, 6) is -1.69. The fourth-order valence-corrected chi connectivity index (χ4v) is 4.30. The standard InChI is InChI=1S/C28H32O6/c1-16(2)7-6-8-18(5)10-12-28(11-9-17(3)4)25-23(15-21(31)27(28)33)34-22-14-19(29)13-20(30)24(22)26(25)32/h7,9-10,13-15,29-31H,6,8,11-12H2,1-5H3/b18-10+/t28-/m0/s1. The Morgan fingerprint density at radius 2 is 1.59 bits per heavy atom. The molecule has 1 atom stereocenters. The summed E-state index contributed by atoms with van der Waals surface area (Å²) >= 11 is 0. The molecule has 34 heavy (non-hydrogen) atoms. The zero-order valence-electron chi connectivity index (χ0n) is 20.4. The molecule has 1 aromatic heterocycles. The van der Waals surface area contributed by atoms with Crippen LogP contribution in [0.1, 0.15) is 71.6 Å². The van der Waals surface area contributed by atoms with Crippen LogP contribution in [0.4, 0.5) is 0 Å². The number of allylic oxidation sites excluding steroid dienone is 7. The zero-order chi connectivity index (χ0) is 25.2. The predicted molar refractivity (Wildman–Crippen MR) is 134 cm³/mol. The van der Waals surface area contributed by atoms with E-state index in [1.165, 1.54) is 11.6 Å². The van der Waals surface area contributed by atoms with Crippen LogP contribution in [0.15, 0.2) is 62.1 Å². The quantitative estimate of drug-likeness (QED) is 0.411. The number of phenols is 2. The number of benzene rings is 1. The number of hydrogen-bond donors (Lipinski definition) is 3. The van der Waals surface area contributed by atoms with Gasteiger partial charge in [0.25, 0.3) is 0 Å². The predicted octanol–water partition coefficient (Wildman–Crippen LogP) is 6.36. The number of aliphatic hydroxyl groups is 1. The summed E-state index contributed by atoms with van der Waals surface area (Å²) in [4.78, 5) is 27.2. The Bertz CT molecular complexity index is 1310. The molecule has 0 amide bonds. The van der Waals surface area contributed by atoms with Gasteiger partial charge in [-0.05, 0) is 60.3 Å². The summed E-state index contributed by atoms with van der Waals surface area (Å²) in [5, 5.41) is 30.7. The van der Waals surface area contributed by atoms with E-state index in [4.69, 9.17) is 4.42 Å². The zero-order valence-corrected chi connectivity index (χ0v) is 20.4. The Balaban J connectivity index is 2.25. The molecule has 0 spiro atoms. The van der Waals surface area contributed by atoms with Gasteiger partial charge in [0, 0.05) is 18.2 Å². The number of ketones is 1. The molecule has 0 saturated carbocycles. The lowest BCUT2D eigenvalue weighted by molar-refractivity contribution is -0.123. The van der Waals surface area contributed by atoms with Crippen LogP contribution in [0.3, 0.4) is 0 Å². The third kappa shape index (κ3) is 4.86. The number of hydrogen-bond acceptors (Lipinski definition) is 6. The Kier molecular flexibility index (Phi) is 7.20. The van der Waals surface area contributed by atoms with E-state index in [2.05, 4.69) is 6.08 Å². The van der Waals surface area contributed by atoms with Crippen LogP contribution in [0.25, 0.3) is 17.0 Å². The Labute approximate surface area is 199 Å². The largest absolute Gasteiger partial charge is 0.508 e. The maximum atomic E-state index is 13.7. The average Bonchev–Trinajstić information content (AvgIpc) is 2.72. The fourth-order valence-electron chi connectivity index (χ4n) is 4.30. The van der Waals surface area contributed by atoms with Gasteiger partial charge in [-0.2, -0.15) is 0 Å². The smallest absolute Gasteiger partial charge is 0.208 e. The Morgan fingerprint density at radius 3 is 2.24 bits per heavy atom. The van der Waals surface area contributed by atoms with Crippen LogP contribution in [0.5, 0.6) is 11.5 Å². The van der Waals surface area contributed by atoms with E-state index in [1.807, 2.05) is 46.8 Å². The van der Waals surface area contributed by atoms with Gasteiger partial charge >= 0.3 is 0 Å². The van der Waals surface area contributed by atoms with E-state index in [0.717, 1.165) is 36.1 Å². The molecule has 3 rings (SSSR count).